The molecule has 2 heterocycles. The second-order valence-electron chi connectivity index (χ2n) is 4.83. The summed E-state index contributed by atoms with van der Waals surface area (Å²) in [7, 11) is 0. The molecule has 0 saturated carbocycles. The average Bonchev–Trinajstić information content (AvgIpc) is 3.06. The highest BCUT2D eigenvalue weighted by atomic mass is 32.1. The minimum Gasteiger partial charge on any atom is -0.479 e. The SMILES string of the molecule is Cc1ccc(C(=O)NCC(=O)NC2(C(=O)O)CCOC2)s1. The van der Waals surface area contributed by atoms with E-state index in [9.17, 15) is 19.5 Å². The lowest BCUT2D eigenvalue weighted by Gasteiger charge is -2.23. The first-order valence-electron chi connectivity index (χ1n) is 6.40. The number of carboxylic acid groups (broad SMARTS) is 1. The van der Waals surface area contributed by atoms with E-state index < -0.39 is 17.4 Å². The molecule has 0 bridgehead atoms. The fourth-order valence-electron chi connectivity index (χ4n) is 2.00. The largest absolute Gasteiger partial charge is 0.479 e. The Morgan fingerprint density at radius 2 is 2.19 bits per heavy atom. The maximum absolute atomic E-state index is 11.8. The van der Waals surface area contributed by atoms with Gasteiger partial charge in [0.2, 0.25) is 5.91 Å². The van der Waals surface area contributed by atoms with E-state index >= 15 is 0 Å². The summed E-state index contributed by atoms with van der Waals surface area (Å²) in [6.07, 6.45) is 0.214. The van der Waals surface area contributed by atoms with Crippen molar-refractivity contribution in [3.63, 3.8) is 0 Å². The fourth-order valence-corrected chi connectivity index (χ4v) is 2.78. The molecular weight excluding hydrogens is 296 g/mol. The van der Waals surface area contributed by atoms with Crippen LogP contribution in [0.2, 0.25) is 0 Å². The molecule has 1 aromatic heterocycles. The molecule has 3 N–H and O–H groups in total. The second-order valence-corrected chi connectivity index (χ2v) is 6.12. The van der Waals surface area contributed by atoms with Crippen molar-refractivity contribution in [2.24, 2.45) is 0 Å². The third-order valence-corrected chi connectivity index (χ3v) is 4.18. The lowest BCUT2D eigenvalue weighted by molar-refractivity contribution is -0.147. The minimum absolute atomic E-state index is 0.0634. The number of carbonyl (C=O) groups excluding carboxylic acids is 2. The highest BCUT2D eigenvalue weighted by Crippen LogP contribution is 2.19. The van der Waals surface area contributed by atoms with E-state index in [0.29, 0.717) is 4.88 Å². The van der Waals surface area contributed by atoms with Gasteiger partial charge in [-0.2, -0.15) is 0 Å². The Bertz CT molecular complexity index is 563. The summed E-state index contributed by atoms with van der Waals surface area (Å²) in [4.78, 5) is 36.4. The smallest absolute Gasteiger partial charge is 0.331 e. The van der Waals surface area contributed by atoms with Crippen LogP contribution in [0, 0.1) is 6.92 Å². The molecule has 0 radical (unpaired) electrons. The van der Waals surface area contributed by atoms with Gasteiger partial charge in [0.15, 0.2) is 5.54 Å². The van der Waals surface area contributed by atoms with Gasteiger partial charge in [-0.1, -0.05) is 0 Å². The molecule has 0 spiro atoms. The van der Waals surface area contributed by atoms with E-state index in [1.807, 2.05) is 13.0 Å². The van der Waals surface area contributed by atoms with E-state index in [1.54, 1.807) is 6.07 Å². The molecule has 2 rings (SSSR count). The third kappa shape index (κ3) is 3.59. The summed E-state index contributed by atoms with van der Waals surface area (Å²) in [6, 6.07) is 3.49. The van der Waals surface area contributed by atoms with Crippen LogP contribution in [-0.4, -0.2) is 48.2 Å². The summed E-state index contributed by atoms with van der Waals surface area (Å²) in [5, 5.41) is 14.1. The number of aryl methyl sites for hydroxylation is 1. The van der Waals surface area contributed by atoms with Gasteiger partial charge in [0.25, 0.3) is 5.91 Å². The molecule has 2 amide bonds. The summed E-state index contributed by atoms with van der Waals surface area (Å²) in [5.74, 6) is -2.03. The van der Waals surface area contributed by atoms with E-state index in [4.69, 9.17) is 4.74 Å². The van der Waals surface area contributed by atoms with Crippen molar-refractivity contribution in [1.29, 1.82) is 0 Å². The first-order valence-corrected chi connectivity index (χ1v) is 7.21. The molecule has 114 valence electrons. The minimum atomic E-state index is -1.39. The van der Waals surface area contributed by atoms with Gasteiger partial charge in [-0.25, -0.2) is 4.79 Å². The molecule has 1 atom stereocenters. The van der Waals surface area contributed by atoms with Gasteiger partial charge >= 0.3 is 5.97 Å². The molecule has 8 heteroatoms. The van der Waals surface area contributed by atoms with Crippen LogP contribution in [0.1, 0.15) is 21.0 Å². The lowest BCUT2D eigenvalue weighted by atomic mass is 9.99. The summed E-state index contributed by atoms with van der Waals surface area (Å²) < 4.78 is 5.04. The molecule has 7 nitrogen and oxygen atoms in total. The first kappa shape index (κ1) is 15.5. The van der Waals surface area contributed by atoms with E-state index in [2.05, 4.69) is 10.6 Å². The summed E-state index contributed by atoms with van der Waals surface area (Å²) >= 11 is 1.33. The summed E-state index contributed by atoms with van der Waals surface area (Å²) in [5.41, 5.74) is -1.39. The molecule has 1 aliphatic rings. The Morgan fingerprint density at radius 3 is 2.71 bits per heavy atom. The predicted molar refractivity (Wildman–Crippen MR) is 75.3 cm³/mol. The van der Waals surface area contributed by atoms with E-state index in [0.717, 1.165) is 4.88 Å². The van der Waals surface area contributed by atoms with Crippen LogP contribution in [0.25, 0.3) is 0 Å². The van der Waals surface area contributed by atoms with Crippen molar-refractivity contribution in [2.45, 2.75) is 18.9 Å². The van der Waals surface area contributed by atoms with Crippen molar-refractivity contribution < 1.29 is 24.2 Å². The van der Waals surface area contributed by atoms with Gasteiger partial charge in [-0.05, 0) is 19.1 Å². The Kier molecular flexibility index (Phi) is 4.59. The van der Waals surface area contributed by atoms with E-state index in [-0.39, 0.29) is 32.1 Å². The van der Waals surface area contributed by atoms with Crippen LogP contribution < -0.4 is 10.6 Å². The first-order chi connectivity index (χ1) is 9.93. The Morgan fingerprint density at radius 1 is 1.43 bits per heavy atom. The molecular formula is C13H16N2O5S. The zero-order valence-corrected chi connectivity index (χ0v) is 12.3. The van der Waals surface area contributed by atoms with Crippen LogP contribution in [0.15, 0.2) is 12.1 Å². The van der Waals surface area contributed by atoms with Gasteiger partial charge in [-0.3, -0.25) is 9.59 Å². The number of aliphatic carboxylic acids is 1. The monoisotopic (exact) mass is 312 g/mol. The van der Waals surface area contributed by atoms with Gasteiger partial charge in [0, 0.05) is 17.9 Å². The number of carboxylic acids is 1. The van der Waals surface area contributed by atoms with Crippen LogP contribution in [0.4, 0.5) is 0 Å². The highest BCUT2D eigenvalue weighted by Gasteiger charge is 2.43. The third-order valence-electron chi connectivity index (χ3n) is 3.18. The highest BCUT2D eigenvalue weighted by molar-refractivity contribution is 7.13. The lowest BCUT2D eigenvalue weighted by Crippen LogP contribution is -2.57. The van der Waals surface area contributed by atoms with Crippen LogP contribution in [0.5, 0.6) is 0 Å². The summed E-state index contributed by atoms with van der Waals surface area (Å²) in [6.45, 7) is 1.83. The Balaban J connectivity index is 1.87. The molecule has 1 aliphatic heterocycles. The zero-order valence-electron chi connectivity index (χ0n) is 11.5. The van der Waals surface area contributed by atoms with Crippen molar-refractivity contribution >= 4 is 29.1 Å². The van der Waals surface area contributed by atoms with Gasteiger partial charge in [-0.15, -0.1) is 11.3 Å². The maximum atomic E-state index is 11.8. The predicted octanol–water partition coefficient (Wildman–Crippen LogP) is 0.146. The molecule has 0 aliphatic carbocycles. The average molecular weight is 312 g/mol. The standard InChI is InChI=1S/C13H16N2O5S/c1-8-2-3-9(21-8)11(17)14-6-10(16)15-13(12(18)19)4-5-20-7-13/h2-3H,4-7H2,1H3,(H,14,17)(H,15,16)(H,18,19). The van der Waals surface area contributed by atoms with Crippen LogP contribution >= 0.6 is 11.3 Å². The number of amides is 2. The number of thiophene rings is 1. The van der Waals surface area contributed by atoms with Crippen LogP contribution in [0.3, 0.4) is 0 Å². The maximum Gasteiger partial charge on any atom is 0.331 e. The molecule has 1 saturated heterocycles. The fraction of sp³-hybridized carbons (Fsp3) is 0.462. The number of rotatable bonds is 5. The topological polar surface area (TPSA) is 105 Å². The Labute approximate surface area is 125 Å². The molecule has 21 heavy (non-hydrogen) atoms. The van der Waals surface area contributed by atoms with Crippen molar-refractivity contribution in [3.8, 4) is 0 Å². The normalized spacial score (nSPS) is 21.0. The molecule has 1 aromatic rings. The molecule has 0 aromatic carbocycles. The number of nitrogens with one attached hydrogen (secondary N) is 2. The van der Waals surface area contributed by atoms with Gasteiger partial charge in [0.05, 0.1) is 18.0 Å². The Hall–Kier alpha value is -1.93. The van der Waals surface area contributed by atoms with Crippen molar-refractivity contribution in [1.82, 2.24) is 10.6 Å². The molecule has 1 fully saturated rings. The van der Waals surface area contributed by atoms with E-state index in [1.165, 1.54) is 11.3 Å². The number of carbonyl (C=O) groups is 3. The number of hydrogen-bond acceptors (Lipinski definition) is 5. The molecule has 1 unspecified atom stereocenters. The van der Waals surface area contributed by atoms with Crippen molar-refractivity contribution in [3.05, 3.63) is 21.9 Å². The number of ether oxygens (including phenoxy) is 1. The second kappa shape index (κ2) is 6.23. The van der Waals surface area contributed by atoms with Gasteiger partial charge in [0.1, 0.15) is 0 Å². The van der Waals surface area contributed by atoms with Crippen molar-refractivity contribution in [2.75, 3.05) is 19.8 Å². The zero-order chi connectivity index (χ0) is 15.5. The quantitative estimate of drug-likeness (QED) is 0.717. The number of hydrogen-bond donors (Lipinski definition) is 3. The van der Waals surface area contributed by atoms with Gasteiger partial charge < -0.3 is 20.5 Å². The van der Waals surface area contributed by atoms with Crippen LogP contribution in [-0.2, 0) is 14.3 Å².